The smallest absolute Gasteiger partial charge is 0.331 e. The van der Waals surface area contributed by atoms with E-state index in [1.54, 1.807) is 6.08 Å². The Balaban J connectivity index is 1.93. The van der Waals surface area contributed by atoms with E-state index in [1.165, 1.54) is 0 Å². The molecule has 24 heavy (non-hydrogen) atoms. The van der Waals surface area contributed by atoms with Crippen LogP contribution in [-0.4, -0.2) is 29.1 Å². The van der Waals surface area contributed by atoms with Gasteiger partial charge in [-0.3, -0.25) is 4.79 Å². The molecule has 134 valence electrons. The molecule has 1 heterocycles. The summed E-state index contributed by atoms with van der Waals surface area (Å²) >= 11 is 0. The van der Waals surface area contributed by atoms with Gasteiger partial charge in [0.2, 0.25) is 0 Å². The zero-order chi connectivity index (χ0) is 17.9. The van der Waals surface area contributed by atoms with Crippen LogP contribution in [0.4, 0.5) is 0 Å². The van der Waals surface area contributed by atoms with Crippen molar-refractivity contribution in [3.8, 4) is 0 Å². The zero-order valence-corrected chi connectivity index (χ0v) is 15.5. The summed E-state index contributed by atoms with van der Waals surface area (Å²) in [5.41, 5.74) is 0.685. The molecular weight excluding hydrogens is 304 g/mol. The van der Waals surface area contributed by atoms with Crippen molar-refractivity contribution < 1.29 is 19.4 Å². The van der Waals surface area contributed by atoms with Gasteiger partial charge in [0.25, 0.3) is 0 Å². The first-order valence-corrected chi connectivity index (χ1v) is 9.17. The van der Waals surface area contributed by atoms with Crippen LogP contribution in [0.5, 0.6) is 0 Å². The number of aliphatic hydroxyl groups excluding tert-OH is 1. The number of Topliss-reactive ketones (excluding diaryl/α,β-unsaturated/α-hetero) is 1. The molecule has 0 unspecified atom stereocenters. The largest absolute Gasteiger partial charge is 0.455 e. The third-order valence-corrected chi connectivity index (χ3v) is 7.45. The lowest BCUT2D eigenvalue weighted by atomic mass is 9.45. The van der Waals surface area contributed by atoms with E-state index in [4.69, 9.17) is 4.74 Å². The van der Waals surface area contributed by atoms with Gasteiger partial charge in [-0.2, -0.15) is 0 Å². The lowest BCUT2D eigenvalue weighted by molar-refractivity contribution is -0.168. The number of fused-ring (bicyclic) bond motifs is 1. The second-order valence-corrected chi connectivity index (χ2v) is 9.05. The van der Waals surface area contributed by atoms with Gasteiger partial charge in [0.15, 0.2) is 0 Å². The maximum absolute atomic E-state index is 12.7. The molecule has 6 atom stereocenters. The van der Waals surface area contributed by atoms with Gasteiger partial charge < -0.3 is 9.84 Å². The number of aliphatic hydroxyl groups is 1. The highest BCUT2D eigenvalue weighted by molar-refractivity contribution is 5.86. The standard InChI is InChI=1S/C20H30O4/c1-11-8-18(23)24-15(11)9-13-12(2)14(21)10-16-19(3,4)17(22)6-7-20(13,16)5/h8,12-13,15-17,22H,6-7,9-10H2,1-5H3/t12-,13-,15+,16-,17+,20+/m1/s1. The summed E-state index contributed by atoms with van der Waals surface area (Å²) < 4.78 is 5.47. The summed E-state index contributed by atoms with van der Waals surface area (Å²) in [6.45, 7) is 10.4. The van der Waals surface area contributed by atoms with Crippen molar-refractivity contribution in [3.05, 3.63) is 11.6 Å². The second kappa shape index (κ2) is 5.69. The lowest BCUT2D eigenvalue weighted by Gasteiger charge is -2.60. The maximum Gasteiger partial charge on any atom is 0.331 e. The summed E-state index contributed by atoms with van der Waals surface area (Å²) in [5.74, 6) is 0.340. The Morgan fingerprint density at radius 1 is 1.29 bits per heavy atom. The molecule has 4 heteroatoms. The molecule has 1 aliphatic heterocycles. The normalized spacial score (nSPS) is 44.8. The molecule has 0 aromatic carbocycles. The molecule has 0 bridgehead atoms. The van der Waals surface area contributed by atoms with Crippen LogP contribution in [0, 0.1) is 28.6 Å². The van der Waals surface area contributed by atoms with Crippen LogP contribution >= 0.6 is 0 Å². The van der Waals surface area contributed by atoms with Crippen molar-refractivity contribution in [3.63, 3.8) is 0 Å². The SMILES string of the molecule is CC1=CC(=O)O[C@H]1C[C@@H]1[C@@H](C)C(=O)C[C@@H]2C(C)(C)[C@@H](O)CC[C@@]12C. The highest BCUT2D eigenvalue weighted by Gasteiger charge is 2.59. The van der Waals surface area contributed by atoms with Crippen LogP contribution in [-0.2, 0) is 14.3 Å². The Morgan fingerprint density at radius 2 is 1.96 bits per heavy atom. The molecule has 0 amide bonds. The van der Waals surface area contributed by atoms with Crippen LogP contribution in [0.25, 0.3) is 0 Å². The number of ether oxygens (including phenoxy) is 1. The molecule has 1 N–H and O–H groups in total. The highest BCUT2D eigenvalue weighted by Crippen LogP contribution is 2.61. The Labute approximate surface area is 144 Å². The van der Waals surface area contributed by atoms with E-state index in [2.05, 4.69) is 20.8 Å². The molecule has 2 fully saturated rings. The fourth-order valence-electron chi connectivity index (χ4n) is 5.68. The fraction of sp³-hybridized carbons (Fsp3) is 0.800. The number of esters is 1. The Kier molecular flexibility index (Phi) is 4.18. The quantitative estimate of drug-likeness (QED) is 0.787. The minimum atomic E-state index is -0.358. The summed E-state index contributed by atoms with van der Waals surface area (Å²) in [5, 5.41) is 10.5. The minimum absolute atomic E-state index is 0.00860. The van der Waals surface area contributed by atoms with Gasteiger partial charge in [-0.25, -0.2) is 4.79 Å². The van der Waals surface area contributed by atoms with E-state index in [9.17, 15) is 14.7 Å². The minimum Gasteiger partial charge on any atom is -0.455 e. The van der Waals surface area contributed by atoms with Crippen molar-refractivity contribution in [2.24, 2.45) is 28.6 Å². The number of rotatable bonds is 2. The molecule has 0 aromatic heterocycles. The van der Waals surface area contributed by atoms with Gasteiger partial charge >= 0.3 is 5.97 Å². The van der Waals surface area contributed by atoms with Crippen molar-refractivity contribution in [1.29, 1.82) is 0 Å². The number of hydrogen-bond donors (Lipinski definition) is 1. The van der Waals surface area contributed by atoms with Gasteiger partial charge in [0.1, 0.15) is 11.9 Å². The highest BCUT2D eigenvalue weighted by atomic mass is 16.5. The Bertz CT molecular complexity index is 590. The first-order valence-electron chi connectivity index (χ1n) is 9.17. The topological polar surface area (TPSA) is 63.6 Å². The van der Waals surface area contributed by atoms with Gasteiger partial charge in [0.05, 0.1) is 6.10 Å². The van der Waals surface area contributed by atoms with Gasteiger partial charge in [-0.05, 0) is 54.4 Å². The molecular formula is C20H30O4. The summed E-state index contributed by atoms with van der Waals surface area (Å²) in [7, 11) is 0. The number of hydrogen-bond acceptors (Lipinski definition) is 4. The average molecular weight is 334 g/mol. The molecule has 0 spiro atoms. The average Bonchev–Trinajstić information content (AvgIpc) is 2.81. The van der Waals surface area contributed by atoms with Crippen LogP contribution in [0.3, 0.4) is 0 Å². The monoisotopic (exact) mass is 334 g/mol. The van der Waals surface area contributed by atoms with Crippen molar-refractivity contribution in [1.82, 2.24) is 0 Å². The van der Waals surface area contributed by atoms with E-state index in [-0.39, 0.29) is 52.5 Å². The van der Waals surface area contributed by atoms with Crippen LogP contribution in [0.15, 0.2) is 11.6 Å². The Morgan fingerprint density at radius 3 is 2.54 bits per heavy atom. The van der Waals surface area contributed by atoms with Crippen molar-refractivity contribution in [2.75, 3.05) is 0 Å². The molecule has 3 rings (SSSR count). The van der Waals surface area contributed by atoms with E-state index in [1.807, 2.05) is 13.8 Å². The summed E-state index contributed by atoms with van der Waals surface area (Å²) in [6.07, 6.45) is 3.96. The Hall–Kier alpha value is -1.16. The van der Waals surface area contributed by atoms with Gasteiger partial charge in [-0.1, -0.05) is 27.7 Å². The summed E-state index contributed by atoms with van der Waals surface area (Å²) in [6, 6.07) is 0. The molecule has 0 aromatic rings. The number of cyclic esters (lactones) is 1. The second-order valence-electron chi connectivity index (χ2n) is 9.05. The molecule has 4 nitrogen and oxygen atoms in total. The summed E-state index contributed by atoms with van der Waals surface area (Å²) in [4.78, 5) is 24.3. The molecule has 2 saturated carbocycles. The van der Waals surface area contributed by atoms with E-state index >= 15 is 0 Å². The van der Waals surface area contributed by atoms with Crippen LogP contribution in [0.1, 0.15) is 60.3 Å². The fourth-order valence-corrected chi connectivity index (χ4v) is 5.68. The predicted octanol–water partition coefficient (Wildman–Crippen LogP) is 3.28. The van der Waals surface area contributed by atoms with Crippen LogP contribution < -0.4 is 0 Å². The number of ketones is 1. The van der Waals surface area contributed by atoms with E-state index in [0.29, 0.717) is 12.8 Å². The first-order chi connectivity index (χ1) is 11.1. The number of carbonyl (C=O) groups excluding carboxylic acids is 2. The van der Waals surface area contributed by atoms with Crippen molar-refractivity contribution in [2.45, 2.75) is 72.5 Å². The maximum atomic E-state index is 12.7. The van der Waals surface area contributed by atoms with E-state index in [0.717, 1.165) is 18.4 Å². The molecule has 2 aliphatic carbocycles. The molecule has 3 aliphatic rings. The van der Waals surface area contributed by atoms with Crippen LogP contribution in [0.2, 0.25) is 0 Å². The number of carbonyl (C=O) groups is 2. The van der Waals surface area contributed by atoms with Crippen molar-refractivity contribution >= 4 is 11.8 Å². The third-order valence-electron chi connectivity index (χ3n) is 7.45. The molecule has 0 saturated heterocycles. The van der Waals surface area contributed by atoms with Gasteiger partial charge in [0, 0.05) is 18.4 Å². The molecule has 0 radical (unpaired) electrons. The first kappa shape index (κ1) is 17.7. The zero-order valence-electron chi connectivity index (χ0n) is 15.5. The third kappa shape index (κ3) is 2.54. The van der Waals surface area contributed by atoms with Gasteiger partial charge in [-0.15, -0.1) is 0 Å². The van der Waals surface area contributed by atoms with E-state index < -0.39 is 0 Å². The predicted molar refractivity (Wildman–Crippen MR) is 91.2 cm³/mol. The lowest BCUT2D eigenvalue weighted by Crippen LogP contribution is -2.58.